The van der Waals surface area contributed by atoms with E-state index in [-0.39, 0.29) is 28.0 Å². The number of rotatable bonds is 5. The van der Waals surface area contributed by atoms with Gasteiger partial charge in [-0.05, 0) is 18.2 Å². The topological polar surface area (TPSA) is 116 Å². The first-order valence-corrected chi connectivity index (χ1v) is 7.75. The molecule has 0 spiro atoms. The van der Waals surface area contributed by atoms with Crippen molar-refractivity contribution in [1.29, 1.82) is 0 Å². The number of nitrogens with two attached hydrogens (primary N) is 1. The molecule has 0 aliphatic heterocycles. The highest BCUT2D eigenvalue weighted by atomic mass is 35.5. The molecular formula is C15H14Cl2N4O4. The van der Waals surface area contributed by atoms with Crippen LogP contribution in [0.2, 0.25) is 10.0 Å². The number of esters is 1. The molecule has 0 unspecified atom stereocenters. The van der Waals surface area contributed by atoms with Gasteiger partial charge in [-0.3, -0.25) is 14.2 Å². The smallest absolute Gasteiger partial charge is 0.349 e. The van der Waals surface area contributed by atoms with Crippen LogP contribution in [0.25, 0.3) is 0 Å². The highest BCUT2D eigenvalue weighted by Gasteiger charge is 2.17. The number of halogens is 2. The summed E-state index contributed by atoms with van der Waals surface area (Å²) in [4.78, 5) is 39.2. The Morgan fingerprint density at radius 3 is 2.52 bits per heavy atom. The SMILES string of the molecule is COC(=O)[C@@H](N)Cn1ccc(NC(=O)c2c(Cl)cccc2Cl)nc1=O. The molecule has 25 heavy (non-hydrogen) atoms. The van der Waals surface area contributed by atoms with Crippen molar-refractivity contribution in [3.05, 3.63) is 56.6 Å². The van der Waals surface area contributed by atoms with E-state index in [1.807, 2.05) is 0 Å². The molecular weight excluding hydrogens is 371 g/mol. The molecule has 1 aromatic carbocycles. The highest BCUT2D eigenvalue weighted by molar-refractivity contribution is 6.40. The second-order valence-corrected chi connectivity index (χ2v) is 5.74. The third-order valence-corrected chi connectivity index (χ3v) is 3.83. The molecule has 1 atom stereocenters. The summed E-state index contributed by atoms with van der Waals surface area (Å²) in [7, 11) is 1.20. The van der Waals surface area contributed by atoms with Gasteiger partial charge in [0.05, 0.1) is 29.3 Å². The molecule has 3 N–H and O–H groups in total. The van der Waals surface area contributed by atoms with Crippen molar-refractivity contribution >= 4 is 40.9 Å². The van der Waals surface area contributed by atoms with Crippen molar-refractivity contribution in [2.45, 2.75) is 12.6 Å². The van der Waals surface area contributed by atoms with E-state index in [4.69, 9.17) is 28.9 Å². The van der Waals surface area contributed by atoms with Gasteiger partial charge in [0.2, 0.25) is 0 Å². The number of aromatic nitrogens is 2. The molecule has 8 nitrogen and oxygen atoms in total. The van der Waals surface area contributed by atoms with Crippen LogP contribution in [-0.4, -0.2) is 34.6 Å². The number of nitrogens with one attached hydrogen (secondary N) is 1. The van der Waals surface area contributed by atoms with E-state index in [9.17, 15) is 14.4 Å². The Morgan fingerprint density at radius 2 is 1.96 bits per heavy atom. The molecule has 1 amide bonds. The van der Waals surface area contributed by atoms with Gasteiger partial charge in [0, 0.05) is 6.20 Å². The van der Waals surface area contributed by atoms with Gasteiger partial charge in [-0.15, -0.1) is 0 Å². The first kappa shape index (κ1) is 18.9. The van der Waals surface area contributed by atoms with Crippen LogP contribution < -0.4 is 16.7 Å². The lowest BCUT2D eigenvalue weighted by Crippen LogP contribution is -2.39. The third kappa shape index (κ3) is 4.56. The molecule has 0 saturated carbocycles. The molecule has 0 radical (unpaired) electrons. The van der Waals surface area contributed by atoms with E-state index in [1.54, 1.807) is 6.07 Å². The number of hydrogen-bond acceptors (Lipinski definition) is 6. The molecule has 2 aromatic rings. The standard InChI is InChI=1S/C15H14Cl2N4O4/c1-25-14(23)10(18)7-21-6-5-11(20-15(21)24)19-13(22)12-8(16)3-2-4-9(12)17/h2-6,10H,7,18H2,1H3,(H,19,20,22,24)/t10-/m0/s1. The van der Waals surface area contributed by atoms with Gasteiger partial charge in [0.15, 0.2) is 0 Å². The average Bonchev–Trinajstić information content (AvgIpc) is 2.56. The number of amides is 1. The van der Waals surface area contributed by atoms with Crippen LogP contribution in [0.5, 0.6) is 0 Å². The third-order valence-electron chi connectivity index (χ3n) is 3.20. The van der Waals surface area contributed by atoms with Gasteiger partial charge in [0.1, 0.15) is 11.9 Å². The van der Waals surface area contributed by atoms with Crippen molar-refractivity contribution in [3.8, 4) is 0 Å². The van der Waals surface area contributed by atoms with Gasteiger partial charge in [0.25, 0.3) is 5.91 Å². The number of ether oxygens (including phenoxy) is 1. The molecule has 132 valence electrons. The number of anilines is 1. The van der Waals surface area contributed by atoms with Crippen LogP contribution in [0.4, 0.5) is 5.82 Å². The van der Waals surface area contributed by atoms with Crippen LogP contribution in [0, 0.1) is 0 Å². The number of carbonyl (C=O) groups is 2. The molecule has 2 rings (SSSR count). The second-order valence-electron chi connectivity index (χ2n) is 4.93. The molecule has 0 fully saturated rings. The lowest BCUT2D eigenvalue weighted by atomic mass is 10.2. The van der Waals surface area contributed by atoms with Crippen molar-refractivity contribution in [1.82, 2.24) is 9.55 Å². The minimum atomic E-state index is -1.01. The number of benzene rings is 1. The van der Waals surface area contributed by atoms with Gasteiger partial charge in [-0.2, -0.15) is 4.98 Å². The summed E-state index contributed by atoms with van der Waals surface area (Å²) in [6, 6.07) is 5.01. The highest BCUT2D eigenvalue weighted by Crippen LogP contribution is 2.24. The first-order valence-electron chi connectivity index (χ1n) is 6.99. The van der Waals surface area contributed by atoms with Gasteiger partial charge in [-0.25, -0.2) is 4.79 Å². The average molecular weight is 385 g/mol. The molecule has 10 heteroatoms. The summed E-state index contributed by atoms with van der Waals surface area (Å²) >= 11 is 11.9. The predicted molar refractivity (Wildman–Crippen MR) is 92.9 cm³/mol. The van der Waals surface area contributed by atoms with Crippen LogP contribution in [0.15, 0.2) is 35.3 Å². The minimum Gasteiger partial charge on any atom is -0.468 e. The number of carbonyl (C=O) groups excluding carboxylic acids is 2. The molecule has 0 bridgehead atoms. The van der Waals surface area contributed by atoms with Gasteiger partial charge in [-0.1, -0.05) is 29.3 Å². The Hall–Kier alpha value is -2.42. The fourth-order valence-electron chi connectivity index (χ4n) is 1.97. The van der Waals surface area contributed by atoms with E-state index in [0.29, 0.717) is 0 Å². The zero-order valence-corrected chi connectivity index (χ0v) is 14.5. The molecule has 0 aliphatic carbocycles. The van der Waals surface area contributed by atoms with E-state index in [2.05, 4.69) is 15.0 Å². The Kier molecular flexibility index (Phi) is 6.13. The fourth-order valence-corrected chi connectivity index (χ4v) is 2.54. The maximum absolute atomic E-state index is 12.2. The van der Waals surface area contributed by atoms with Crippen molar-refractivity contribution < 1.29 is 14.3 Å². The normalized spacial score (nSPS) is 11.7. The maximum Gasteiger partial charge on any atom is 0.349 e. The van der Waals surface area contributed by atoms with E-state index in [1.165, 1.54) is 31.5 Å². The molecule has 1 aromatic heterocycles. The second kappa shape index (κ2) is 8.11. The molecule has 0 aliphatic rings. The summed E-state index contributed by atoms with van der Waals surface area (Å²) in [5.74, 6) is -1.25. The quantitative estimate of drug-likeness (QED) is 0.750. The van der Waals surface area contributed by atoms with Crippen LogP contribution in [-0.2, 0) is 16.1 Å². The zero-order valence-electron chi connectivity index (χ0n) is 13.0. The van der Waals surface area contributed by atoms with Crippen molar-refractivity contribution in [2.75, 3.05) is 12.4 Å². The van der Waals surface area contributed by atoms with Crippen LogP contribution in [0.3, 0.4) is 0 Å². The Balaban J connectivity index is 2.17. The van der Waals surface area contributed by atoms with E-state index >= 15 is 0 Å². The lowest BCUT2D eigenvalue weighted by Gasteiger charge is -2.12. The monoisotopic (exact) mass is 384 g/mol. The molecule has 1 heterocycles. The largest absolute Gasteiger partial charge is 0.468 e. The van der Waals surface area contributed by atoms with Crippen molar-refractivity contribution in [2.24, 2.45) is 5.73 Å². The van der Waals surface area contributed by atoms with E-state index < -0.39 is 23.6 Å². The summed E-state index contributed by atoms with van der Waals surface area (Å²) < 4.78 is 5.61. The zero-order chi connectivity index (χ0) is 18.6. The first-order chi connectivity index (χ1) is 11.8. The molecule has 0 saturated heterocycles. The lowest BCUT2D eigenvalue weighted by molar-refractivity contribution is -0.142. The summed E-state index contributed by atoms with van der Waals surface area (Å²) in [6.45, 7) is -0.108. The van der Waals surface area contributed by atoms with Gasteiger partial charge < -0.3 is 15.8 Å². The summed E-state index contributed by atoms with van der Waals surface area (Å²) in [5, 5.41) is 2.78. The fraction of sp³-hybridized carbons (Fsp3) is 0.200. The summed E-state index contributed by atoms with van der Waals surface area (Å²) in [6.07, 6.45) is 1.35. The number of hydrogen-bond donors (Lipinski definition) is 2. The Morgan fingerprint density at radius 1 is 1.32 bits per heavy atom. The number of methoxy groups -OCH3 is 1. The van der Waals surface area contributed by atoms with Crippen molar-refractivity contribution in [3.63, 3.8) is 0 Å². The minimum absolute atomic E-state index is 0.00822. The van der Waals surface area contributed by atoms with Crippen LogP contribution in [0.1, 0.15) is 10.4 Å². The number of nitrogens with zero attached hydrogens (tertiary/aromatic N) is 2. The predicted octanol–water partition coefficient (Wildman–Crippen LogP) is 1.30. The summed E-state index contributed by atoms with van der Waals surface area (Å²) in [5.41, 5.74) is 4.98. The Labute approximate surface area is 152 Å². The van der Waals surface area contributed by atoms with Gasteiger partial charge >= 0.3 is 11.7 Å². The Bertz CT molecular complexity index is 849. The van der Waals surface area contributed by atoms with Crippen LogP contribution >= 0.6 is 23.2 Å². The maximum atomic E-state index is 12.2. The van der Waals surface area contributed by atoms with E-state index in [0.717, 1.165) is 4.57 Å².